The van der Waals surface area contributed by atoms with Crippen molar-refractivity contribution in [3.8, 4) is 0 Å². The Hall–Kier alpha value is -2.14. The predicted octanol–water partition coefficient (Wildman–Crippen LogP) is 2.68. The summed E-state index contributed by atoms with van der Waals surface area (Å²) in [6.07, 6.45) is 2.37. The van der Waals surface area contributed by atoms with Crippen molar-refractivity contribution in [1.82, 2.24) is 5.32 Å². The van der Waals surface area contributed by atoms with Crippen molar-refractivity contribution in [2.45, 2.75) is 24.7 Å². The molecule has 2 aromatic rings. The van der Waals surface area contributed by atoms with Crippen molar-refractivity contribution in [3.05, 3.63) is 58.3 Å². The number of carbonyl (C=O) groups excluding carboxylic acids is 2. The van der Waals surface area contributed by atoms with Gasteiger partial charge in [-0.1, -0.05) is 36.4 Å². The SMILES string of the molecule is O=C(COC(=O)C1(c2ccccc2)CC1)NCCc1cccs1. The van der Waals surface area contributed by atoms with Crippen molar-refractivity contribution in [2.75, 3.05) is 13.2 Å². The number of carbonyl (C=O) groups is 2. The molecule has 0 radical (unpaired) electrons. The molecule has 3 rings (SSSR count). The van der Waals surface area contributed by atoms with Crippen molar-refractivity contribution in [2.24, 2.45) is 0 Å². The Morgan fingerprint density at radius 2 is 1.91 bits per heavy atom. The van der Waals surface area contributed by atoms with Crippen molar-refractivity contribution < 1.29 is 14.3 Å². The molecular weight excluding hydrogens is 310 g/mol. The van der Waals surface area contributed by atoms with Crippen LogP contribution >= 0.6 is 11.3 Å². The summed E-state index contributed by atoms with van der Waals surface area (Å²) in [6, 6.07) is 13.7. The van der Waals surface area contributed by atoms with Crippen LogP contribution in [0.4, 0.5) is 0 Å². The topological polar surface area (TPSA) is 55.4 Å². The maximum Gasteiger partial charge on any atom is 0.317 e. The molecule has 0 atom stereocenters. The van der Waals surface area contributed by atoms with E-state index in [9.17, 15) is 9.59 Å². The first kappa shape index (κ1) is 15.7. The first-order valence-electron chi connectivity index (χ1n) is 7.72. The van der Waals surface area contributed by atoms with Crippen molar-refractivity contribution in [1.29, 1.82) is 0 Å². The third-order valence-electron chi connectivity index (χ3n) is 4.08. The van der Waals surface area contributed by atoms with Crippen LogP contribution in [-0.4, -0.2) is 25.0 Å². The molecule has 5 heteroatoms. The normalized spacial score (nSPS) is 15.0. The van der Waals surface area contributed by atoms with E-state index in [1.54, 1.807) is 11.3 Å². The Kier molecular flexibility index (Phi) is 4.76. The quantitative estimate of drug-likeness (QED) is 0.795. The lowest BCUT2D eigenvalue weighted by Gasteiger charge is -2.14. The van der Waals surface area contributed by atoms with Crippen molar-refractivity contribution >= 4 is 23.2 Å². The van der Waals surface area contributed by atoms with E-state index in [1.165, 1.54) is 4.88 Å². The second-order valence-corrected chi connectivity index (χ2v) is 6.74. The maximum absolute atomic E-state index is 12.3. The number of amides is 1. The zero-order chi connectivity index (χ0) is 16.1. The second kappa shape index (κ2) is 6.96. The monoisotopic (exact) mass is 329 g/mol. The van der Waals surface area contributed by atoms with Crippen LogP contribution in [0.3, 0.4) is 0 Å². The smallest absolute Gasteiger partial charge is 0.317 e. The molecule has 1 aromatic carbocycles. The molecule has 0 spiro atoms. The molecule has 23 heavy (non-hydrogen) atoms. The maximum atomic E-state index is 12.3. The molecule has 1 N–H and O–H groups in total. The number of ether oxygens (including phenoxy) is 1. The highest BCUT2D eigenvalue weighted by Gasteiger charge is 2.52. The van der Waals surface area contributed by atoms with E-state index in [0.717, 1.165) is 24.8 Å². The highest BCUT2D eigenvalue weighted by atomic mass is 32.1. The molecule has 0 unspecified atom stereocenters. The number of hydrogen-bond donors (Lipinski definition) is 1. The number of rotatable bonds is 7. The summed E-state index contributed by atoms with van der Waals surface area (Å²) in [7, 11) is 0. The molecule has 1 amide bonds. The van der Waals surface area contributed by atoms with Gasteiger partial charge in [-0.05, 0) is 36.3 Å². The zero-order valence-corrected chi connectivity index (χ0v) is 13.6. The molecule has 0 saturated heterocycles. The number of esters is 1. The minimum Gasteiger partial charge on any atom is -0.455 e. The molecule has 0 aliphatic heterocycles. The van der Waals surface area contributed by atoms with Gasteiger partial charge < -0.3 is 10.1 Å². The standard InChI is InChI=1S/C18H19NO3S/c20-16(19-11-8-15-7-4-12-23-15)13-22-17(21)18(9-10-18)14-5-2-1-3-6-14/h1-7,12H,8-11,13H2,(H,19,20). The first-order chi connectivity index (χ1) is 11.2. The van der Waals surface area contributed by atoms with E-state index in [1.807, 2.05) is 47.8 Å². The lowest BCUT2D eigenvalue weighted by atomic mass is 9.96. The molecule has 4 nitrogen and oxygen atoms in total. The average Bonchev–Trinajstić information content (AvgIpc) is 3.24. The summed E-state index contributed by atoms with van der Waals surface area (Å²) < 4.78 is 5.22. The van der Waals surface area contributed by atoms with Gasteiger partial charge in [0.25, 0.3) is 5.91 Å². The Morgan fingerprint density at radius 3 is 2.57 bits per heavy atom. The molecule has 1 fully saturated rings. The summed E-state index contributed by atoms with van der Waals surface area (Å²) in [5.74, 6) is -0.545. The summed E-state index contributed by atoms with van der Waals surface area (Å²) in [6.45, 7) is 0.346. The van der Waals surface area contributed by atoms with Crippen LogP contribution in [0, 0.1) is 0 Å². The highest BCUT2D eigenvalue weighted by Crippen LogP contribution is 2.49. The fourth-order valence-corrected chi connectivity index (χ4v) is 3.30. The third kappa shape index (κ3) is 3.79. The first-order valence-corrected chi connectivity index (χ1v) is 8.60. The van der Waals surface area contributed by atoms with Crippen LogP contribution < -0.4 is 5.32 Å². The van der Waals surface area contributed by atoms with Crippen LogP contribution in [0.1, 0.15) is 23.3 Å². The second-order valence-electron chi connectivity index (χ2n) is 5.70. The molecule has 0 bridgehead atoms. The van der Waals surface area contributed by atoms with E-state index in [-0.39, 0.29) is 18.5 Å². The molecule has 1 aromatic heterocycles. The minimum absolute atomic E-state index is 0.210. The molecule has 120 valence electrons. The number of hydrogen-bond acceptors (Lipinski definition) is 4. The van der Waals surface area contributed by atoms with Gasteiger partial charge in [0.1, 0.15) is 0 Å². The molecule has 1 aliphatic carbocycles. The summed E-state index contributed by atoms with van der Waals surface area (Å²) >= 11 is 1.67. The van der Waals surface area contributed by atoms with Gasteiger partial charge in [-0.2, -0.15) is 0 Å². The summed E-state index contributed by atoms with van der Waals surface area (Å²) in [5, 5.41) is 4.79. The minimum atomic E-state index is -0.529. The number of nitrogens with one attached hydrogen (secondary N) is 1. The molecule has 1 saturated carbocycles. The zero-order valence-electron chi connectivity index (χ0n) is 12.8. The van der Waals surface area contributed by atoms with Gasteiger partial charge in [-0.25, -0.2) is 0 Å². The van der Waals surface area contributed by atoms with Gasteiger partial charge in [0.15, 0.2) is 6.61 Å². The van der Waals surface area contributed by atoms with E-state index in [4.69, 9.17) is 4.74 Å². The fourth-order valence-electron chi connectivity index (χ4n) is 2.59. The largest absolute Gasteiger partial charge is 0.455 e. The molecular formula is C18H19NO3S. The van der Waals surface area contributed by atoms with Crippen LogP contribution in [-0.2, 0) is 26.2 Å². The Balaban J connectivity index is 1.43. The Morgan fingerprint density at radius 1 is 1.13 bits per heavy atom. The molecule has 1 heterocycles. The lowest BCUT2D eigenvalue weighted by Crippen LogP contribution is -2.33. The van der Waals surface area contributed by atoms with Gasteiger partial charge in [-0.3, -0.25) is 9.59 Å². The fraction of sp³-hybridized carbons (Fsp3) is 0.333. The molecule has 1 aliphatic rings. The van der Waals surface area contributed by atoms with Crippen LogP contribution in [0.5, 0.6) is 0 Å². The van der Waals surface area contributed by atoms with Crippen LogP contribution in [0.15, 0.2) is 47.8 Å². The van der Waals surface area contributed by atoms with E-state index in [2.05, 4.69) is 5.32 Å². The van der Waals surface area contributed by atoms with Crippen LogP contribution in [0.2, 0.25) is 0 Å². The Bertz CT molecular complexity index is 663. The number of benzene rings is 1. The van der Waals surface area contributed by atoms with E-state index >= 15 is 0 Å². The third-order valence-corrected chi connectivity index (χ3v) is 5.01. The van der Waals surface area contributed by atoms with Gasteiger partial charge in [0.05, 0.1) is 5.41 Å². The summed E-state index contributed by atoms with van der Waals surface area (Å²) in [5.41, 5.74) is 0.446. The van der Waals surface area contributed by atoms with Gasteiger partial charge in [0.2, 0.25) is 0 Å². The average molecular weight is 329 g/mol. The van der Waals surface area contributed by atoms with Crippen molar-refractivity contribution in [3.63, 3.8) is 0 Å². The number of thiophene rings is 1. The Labute approximate surface area is 139 Å². The van der Waals surface area contributed by atoms with Gasteiger partial charge >= 0.3 is 5.97 Å². The van der Waals surface area contributed by atoms with Gasteiger partial charge in [0, 0.05) is 11.4 Å². The summed E-state index contributed by atoms with van der Waals surface area (Å²) in [4.78, 5) is 25.3. The van der Waals surface area contributed by atoms with E-state index < -0.39 is 5.41 Å². The van der Waals surface area contributed by atoms with Crippen LogP contribution in [0.25, 0.3) is 0 Å². The lowest BCUT2D eigenvalue weighted by molar-refractivity contribution is -0.151. The van der Waals surface area contributed by atoms with E-state index in [0.29, 0.717) is 6.54 Å². The van der Waals surface area contributed by atoms with Gasteiger partial charge in [-0.15, -0.1) is 11.3 Å². The highest BCUT2D eigenvalue weighted by molar-refractivity contribution is 7.09. The predicted molar refractivity (Wildman–Crippen MR) is 89.3 cm³/mol.